The Labute approximate surface area is 207 Å². The summed E-state index contributed by atoms with van der Waals surface area (Å²) in [5.41, 5.74) is 0.832. The number of likely N-dealkylation sites (tertiary alicyclic amines) is 2. The van der Waals surface area contributed by atoms with Crippen LogP contribution in [0.2, 0.25) is 5.02 Å². The third-order valence-electron chi connectivity index (χ3n) is 6.53. The van der Waals surface area contributed by atoms with E-state index in [4.69, 9.17) is 16.3 Å². The summed E-state index contributed by atoms with van der Waals surface area (Å²) in [5.74, 6) is 2.56. The van der Waals surface area contributed by atoms with Crippen molar-refractivity contribution >= 4 is 35.3 Å². The molecule has 34 heavy (non-hydrogen) atoms. The number of hydrogen-bond donors (Lipinski definition) is 2. The Morgan fingerprint density at radius 2 is 1.94 bits per heavy atom. The lowest BCUT2D eigenvalue weighted by molar-refractivity contribution is -0.109. The number of halogens is 1. The number of carbonyl (C=O) groups excluding carboxylic acids is 1. The zero-order valence-electron chi connectivity index (χ0n) is 19.7. The van der Waals surface area contributed by atoms with Crippen molar-refractivity contribution in [1.82, 2.24) is 19.8 Å². The van der Waals surface area contributed by atoms with E-state index in [1.54, 1.807) is 6.20 Å². The van der Waals surface area contributed by atoms with E-state index >= 15 is 0 Å². The summed E-state index contributed by atoms with van der Waals surface area (Å²) in [7, 11) is 0. The lowest BCUT2D eigenvalue weighted by Gasteiger charge is -2.30. The van der Waals surface area contributed by atoms with Gasteiger partial charge in [0.2, 0.25) is 5.95 Å². The van der Waals surface area contributed by atoms with Gasteiger partial charge in [-0.05, 0) is 82.4 Å². The summed E-state index contributed by atoms with van der Waals surface area (Å²) >= 11 is 6.35. The fraction of sp³-hybridized carbons (Fsp3) is 0.560. The highest BCUT2D eigenvalue weighted by Crippen LogP contribution is 2.29. The van der Waals surface area contributed by atoms with Crippen LogP contribution in [0.25, 0.3) is 0 Å². The zero-order valence-corrected chi connectivity index (χ0v) is 20.5. The smallest absolute Gasteiger partial charge is 0.229 e. The topological polar surface area (TPSA) is 82.6 Å². The van der Waals surface area contributed by atoms with E-state index in [1.165, 1.54) is 25.9 Å². The second-order valence-corrected chi connectivity index (χ2v) is 9.49. The van der Waals surface area contributed by atoms with Crippen molar-refractivity contribution in [2.45, 2.75) is 32.1 Å². The molecule has 0 unspecified atom stereocenters. The third kappa shape index (κ3) is 7.55. The standard InChI is InChI=1S/C25H35ClN6O2/c26-22-5-4-21(18-23(22)34-17-3-12-31-10-1-2-11-31)29-25-27-9-6-24(30-25)28-19-20-7-13-32(14-8-20)15-16-33/h4-6,9,16,18,20H,1-3,7-8,10-15,17,19H2,(H2,27,28,29,30). The summed E-state index contributed by atoms with van der Waals surface area (Å²) in [6.45, 7) is 7.47. The van der Waals surface area contributed by atoms with Crippen molar-refractivity contribution < 1.29 is 9.53 Å². The molecule has 0 aliphatic carbocycles. The highest BCUT2D eigenvalue weighted by molar-refractivity contribution is 6.32. The molecule has 2 aliphatic heterocycles. The number of piperidine rings is 1. The average Bonchev–Trinajstić information content (AvgIpc) is 3.37. The Morgan fingerprint density at radius 3 is 2.74 bits per heavy atom. The lowest BCUT2D eigenvalue weighted by atomic mass is 9.97. The predicted molar refractivity (Wildman–Crippen MR) is 136 cm³/mol. The van der Waals surface area contributed by atoms with Crippen LogP contribution in [0.5, 0.6) is 5.75 Å². The van der Waals surface area contributed by atoms with Gasteiger partial charge in [-0.3, -0.25) is 4.90 Å². The summed E-state index contributed by atoms with van der Waals surface area (Å²) in [6.07, 6.45) is 8.50. The van der Waals surface area contributed by atoms with Crippen molar-refractivity contribution in [3.05, 3.63) is 35.5 Å². The number of hydrogen-bond acceptors (Lipinski definition) is 8. The molecule has 2 N–H and O–H groups in total. The molecule has 0 atom stereocenters. The van der Waals surface area contributed by atoms with Crippen molar-refractivity contribution in [2.75, 3.05) is 63.1 Å². The molecule has 2 saturated heterocycles. The molecule has 0 radical (unpaired) electrons. The molecule has 184 valence electrons. The molecule has 0 amide bonds. The first-order valence-electron chi connectivity index (χ1n) is 12.3. The second-order valence-electron chi connectivity index (χ2n) is 9.08. The quantitative estimate of drug-likeness (QED) is 0.343. The zero-order chi connectivity index (χ0) is 23.6. The normalized spacial score (nSPS) is 17.6. The molecule has 3 heterocycles. The molecule has 0 bridgehead atoms. The molecular weight excluding hydrogens is 452 g/mol. The van der Waals surface area contributed by atoms with Gasteiger partial charge < -0.3 is 25.1 Å². The van der Waals surface area contributed by atoms with E-state index in [-0.39, 0.29) is 0 Å². The number of carbonyl (C=O) groups is 1. The van der Waals surface area contributed by atoms with Gasteiger partial charge in [0.25, 0.3) is 0 Å². The minimum Gasteiger partial charge on any atom is -0.492 e. The highest BCUT2D eigenvalue weighted by Gasteiger charge is 2.18. The maximum absolute atomic E-state index is 10.7. The minimum absolute atomic E-state index is 0.521. The van der Waals surface area contributed by atoms with Gasteiger partial charge in [-0.2, -0.15) is 4.98 Å². The molecule has 4 rings (SSSR count). The highest BCUT2D eigenvalue weighted by atomic mass is 35.5. The van der Waals surface area contributed by atoms with Crippen LogP contribution in [0.4, 0.5) is 17.5 Å². The SMILES string of the molecule is O=CCN1CCC(CNc2ccnc(Nc3ccc(Cl)c(OCCCN4CCCC4)c3)n2)CC1. The lowest BCUT2D eigenvalue weighted by Crippen LogP contribution is -2.36. The van der Waals surface area contributed by atoms with Crippen LogP contribution >= 0.6 is 11.6 Å². The van der Waals surface area contributed by atoms with Crippen LogP contribution < -0.4 is 15.4 Å². The Hall–Kier alpha value is -2.42. The van der Waals surface area contributed by atoms with Gasteiger partial charge in [-0.1, -0.05) is 11.6 Å². The number of ether oxygens (including phenoxy) is 1. The molecule has 2 fully saturated rings. The Morgan fingerprint density at radius 1 is 1.12 bits per heavy atom. The number of aldehydes is 1. The van der Waals surface area contributed by atoms with Crippen LogP contribution in [-0.4, -0.2) is 78.5 Å². The molecule has 0 saturated carbocycles. The van der Waals surface area contributed by atoms with Gasteiger partial charge in [0, 0.05) is 31.0 Å². The van der Waals surface area contributed by atoms with Gasteiger partial charge in [-0.25, -0.2) is 4.98 Å². The fourth-order valence-electron chi connectivity index (χ4n) is 4.54. The Bertz CT molecular complexity index is 916. The first-order chi connectivity index (χ1) is 16.7. The summed E-state index contributed by atoms with van der Waals surface area (Å²) in [5, 5.41) is 7.29. The van der Waals surface area contributed by atoms with Gasteiger partial charge in [-0.15, -0.1) is 0 Å². The largest absolute Gasteiger partial charge is 0.492 e. The summed E-state index contributed by atoms with van der Waals surface area (Å²) < 4.78 is 5.95. The van der Waals surface area contributed by atoms with Gasteiger partial charge in [0.05, 0.1) is 18.2 Å². The second kappa shape index (κ2) is 12.9. The Kier molecular flexibility index (Phi) is 9.35. The molecular formula is C25H35ClN6O2. The average molecular weight is 487 g/mol. The van der Waals surface area contributed by atoms with Crippen LogP contribution in [-0.2, 0) is 4.79 Å². The number of aromatic nitrogens is 2. The molecule has 2 aromatic rings. The monoisotopic (exact) mass is 486 g/mol. The van der Waals surface area contributed by atoms with E-state index < -0.39 is 0 Å². The number of benzene rings is 1. The van der Waals surface area contributed by atoms with Gasteiger partial charge in [0.1, 0.15) is 17.9 Å². The summed E-state index contributed by atoms with van der Waals surface area (Å²) in [6, 6.07) is 7.51. The van der Waals surface area contributed by atoms with Crippen molar-refractivity contribution in [1.29, 1.82) is 0 Å². The first kappa shape index (κ1) is 24.7. The molecule has 1 aromatic heterocycles. The number of nitrogens with zero attached hydrogens (tertiary/aromatic N) is 4. The minimum atomic E-state index is 0.521. The van der Waals surface area contributed by atoms with Crippen molar-refractivity contribution in [3.63, 3.8) is 0 Å². The van der Waals surface area contributed by atoms with Gasteiger partial charge >= 0.3 is 0 Å². The van der Waals surface area contributed by atoms with Crippen LogP contribution in [0.1, 0.15) is 32.1 Å². The van der Waals surface area contributed by atoms with Crippen molar-refractivity contribution in [3.8, 4) is 5.75 Å². The van der Waals surface area contributed by atoms with E-state index in [0.29, 0.717) is 35.8 Å². The Balaban J connectivity index is 1.25. The molecule has 9 heteroatoms. The fourth-order valence-corrected chi connectivity index (χ4v) is 4.71. The molecule has 8 nitrogen and oxygen atoms in total. The maximum Gasteiger partial charge on any atom is 0.229 e. The first-order valence-corrected chi connectivity index (χ1v) is 12.7. The molecule has 2 aliphatic rings. The number of nitrogens with one attached hydrogen (secondary N) is 2. The number of rotatable bonds is 12. The van der Waals surface area contributed by atoms with E-state index in [2.05, 4.69) is 30.4 Å². The van der Waals surface area contributed by atoms with Crippen LogP contribution in [0, 0.1) is 5.92 Å². The molecule has 1 aromatic carbocycles. The van der Waals surface area contributed by atoms with E-state index in [9.17, 15) is 4.79 Å². The number of anilines is 3. The van der Waals surface area contributed by atoms with E-state index in [0.717, 1.165) is 63.2 Å². The van der Waals surface area contributed by atoms with E-state index in [1.807, 2.05) is 24.3 Å². The van der Waals surface area contributed by atoms with Crippen LogP contribution in [0.15, 0.2) is 30.5 Å². The summed E-state index contributed by atoms with van der Waals surface area (Å²) in [4.78, 5) is 24.3. The van der Waals surface area contributed by atoms with Gasteiger partial charge in [0.15, 0.2) is 0 Å². The predicted octanol–water partition coefficient (Wildman–Crippen LogP) is 4.06. The van der Waals surface area contributed by atoms with Crippen LogP contribution in [0.3, 0.4) is 0 Å². The van der Waals surface area contributed by atoms with Crippen molar-refractivity contribution in [2.24, 2.45) is 5.92 Å². The maximum atomic E-state index is 10.7. The molecule has 0 spiro atoms. The third-order valence-corrected chi connectivity index (χ3v) is 6.84.